The minimum atomic E-state index is 0. The van der Waals surface area contributed by atoms with Crippen molar-refractivity contribution in [3.05, 3.63) is 54.7 Å². The van der Waals surface area contributed by atoms with Crippen molar-refractivity contribution >= 4 is 0 Å². The van der Waals surface area contributed by atoms with Gasteiger partial charge in [0.15, 0.2) is 0 Å². The van der Waals surface area contributed by atoms with Gasteiger partial charge in [0.25, 0.3) is 0 Å². The van der Waals surface area contributed by atoms with E-state index in [1.54, 1.807) is 6.20 Å². The Morgan fingerprint density at radius 1 is 1.00 bits per heavy atom. The molecular weight excluding hydrogens is 427 g/mol. The van der Waals surface area contributed by atoms with Gasteiger partial charge in [-0.2, -0.15) is 0 Å². The Bertz CT molecular complexity index is 313. The van der Waals surface area contributed by atoms with Crippen molar-refractivity contribution in [3.8, 4) is 11.3 Å². The zero-order valence-corrected chi connectivity index (χ0v) is 12.7. The molecule has 1 nitrogen and oxygen atoms in total. The first-order chi connectivity index (χ1) is 5.97. The van der Waals surface area contributed by atoms with Crippen molar-refractivity contribution < 1.29 is 52.8 Å². The number of benzene rings is 1. The maximum absolute atomic E-state index is 4.22. The molecule has 2 rings (SSSR count). The molecule has 14 heavy (non-hydrogen) atoms. The van der Waals surface area contributed by atoms with Crippen LogP contribution in [0.4, 0.5) is 0 Å². The number of rotatable bonds is 1. The molecule has 0 fully saturated rings. The Morgan fingerprint density at radius 2 is 1.79 bits per heavy atom. The summed E-state index contributed by atoms with van der Waals surface area (Å²) in [7, 11) is 0. The standard InChI is InChI=1S/C11H8N.Ir.Y/c1-2-6-10(7-3-1)11-8-4-5-9-12-11;;/h1-6,8-9H;;/q-1;;. The van der Waals surface area contributed by atoms with Gasteiger partial charge in [0, 0.05) is 59.0 Å². The van der Waals surface area contributed by atoms with Crippen LogP contribution < -0.4 is 0 Å². The molecule has 1 aromatic heterocycles. The second-order valence-electron chi connectivity index (χ2n) is 2.49. The number of pyridine rings is 1. The Hall–Kier alpha value is 0.123. The number of nitrogens with zero attached hydrogens (tertiary/aromatic N) is 1. The zero-order chi connectivity index (χ0) is 8.23. The summed E-state index contributed by atoms with van der Waals surface area (Å²) in [6.07, 6.45) is 1.79. The minimum Gasteiger partial charge on any atom is -0.305 e. The van der Waals surface area contributed by atoms with Crippen LogP contribution in [-0.2, 0) is 52.8 Å². The quantitative estimate of drug-likeness (QED) is 0.628. The molecule has 0 amide bonds. The summed E-state index contributed by atoms with van der Waals surface area (Å²) < 4.78 is 0. The SMILES string of the molecule is [Ir].[Y].[c-]1ccccc1-c1ccccn1. The van der Waals surface area contributed by atoms with Crippen LogP contribution in [0.1, 0.15) is 0 Å². The van der Waals surface area contributed by atoms with Crippen molar-refractivity contribution in [2.45, 2.75) is 0 Å². The van der Waals surface area contributed by atoms with Crippen molar-refractivity contribution in [3.63, 3.8) is 0 Å². The topological polar surface area (TPSA) is 12.9 Å². The van der Waals surface area contributed by atoms with Gasteiger partial charge >= 0.3 is 0 Å². The van der Waals surface area contributed by atoms with E-state index < -0.39 is 0 Å². The molecule has 0 saturated carbocycles. The third kappa shape index (κ3) is 3.70. The smallest absolute Gasteiger partial charge is 0.0160 e. The summed E-state index contributed by atoms with van der Waals surface area (Å²) in [4.78, 5) is 4.22. The van der Waals surface area contributed by atoms with Gasteiger partial charge in [0.2, 0.25) is 0 Å². The Kier molecular flexibility index (Phi) is 7.48. The first-order valence-electron chi connectivity index (χ1n) is 3.85. The Balaban J connectivity index is 0.000000845. The summed E-state index contributed by atoms with van der Waals surface area (Å²) >= 11 is 0. The van der Waals surface area contributed by atoms with Crippen molar-refractivity contribution in [2.24, 2.45) is 0 Å². The fourth-order valence-corrected chi connectivity index (χ4v) is 1.07. The molecule has 0 aliphatic carbocycles. The third-order valence-electron chi connectivity index (χ3n) is 1.65. The van der Waals surface area contributed by atoms with Gasteiger partial charge in [-0.15, -0.1) is 35.9 Å². The van der Waals surface area contributed by atoms with E-state index >= 15 is 0 Å². The molecule has 0 N–H and O–H groups in total. The minimum absolute atomic E-state index is 0. The van der Waals surface area contributed by atoms with Crippen LogP contribution in [-0.4, -0.2) is 4.98 Å². The van der Waals surface area contributed by atoms with Crippen LogP contribution in [0, 0.1) is 6.07 Å². The molecule has 0 aliphatic rings. The fraction of sp³-hybridized carbons (Fsp3) is 0. The van der Waals surface area contributed by atoms with Gasteiger partial charge in [-0.3, -0.25) is 0 Å². The molecule has 0 unspecified atom stereocenters. The van der Waals surface area contributed by atoms with E-state index in [0.29, 0.717) is 0 Å². The van der Waals surface area contributed by atoms with E-state index in [-0.39, 0.29) is 52.8 Å². The third-order valence-corrected chi connectivity index (χ3v) is 1.65. The average molecular weight is 435 g/mol. The molecule has 2 aromatic rings. The molecule has 1 aromatic carbocycles. The van der Waals surface area contributed by atoms with Crippen molar-refractivity contribution in [1.82, 2.24) is 4.98 Å². The summed E-state index contributed by atoms with van der Waals surface area (Å²) in [5.41, 5.74) is 2.01. The summed E-state index contributed by atoms with van der Waals surface area (Å²) in [6.45, 7) is 0. The molecule has 2 radical (unpaired) electrons. The average Bonchev–Trinajstić information content (AvgIpc) is 2.21. The van der Waals surface area contributed by atoms with Crippen LogP contribution in [0.5, 0.6) is 0 Å². The monoisotopic (exact) mass is 436 g/mol. The second kappa shape index (κ2) is 7.42. The van der Waals surface area contributed by atoms with Gasteiger partial charge in [-0.05, 0) is 11.8 Å². The molecule has 0 bridgehead atoms. The number of hydrogen-bond donors (Lipinski definition) is 0. The van der Waals surface area contributed by atoms with E-state index in [1.165, 1.54) is 0 Å². The molecule has 0 spiro atoms. The fourth-order valence-electron chi connectivity index (χ4n) is 1.07. The van der Waals surface area contributed by atoms with Crippen LogP contribution in [0.15, 0.2) is 48.7 Å². The van der Waals surface area contributed by atoms with E-state index in [1.807, 2.05) is 42.5 Å². The van der Waals surface area contributed by atoms with Crippen LogP contribution in [0.2, 0.25) is 0 Å². The van der Waals surface area contributed by atoms with Crippen LogP contribution in [0.25, 0.3) is 11.3 Å². The van der Waals surface area contributed by atoms with E-state index in [9.17, 15) is 0 Å². The zero-order valence-electron chi connectivity index (χ0n) is 7.48. The van der Waals surface area contributed by atoms with E-state index in [0.717, 1.165) is 11.3 Å². The van der Waals surface area contributed by atoms with E-state index in [2.05, 4.69) is 11.1 Å². The first-order valence-corrected chi connectivity index (χ1v) is 3.85. The molecule has 3 heteroatoms. The van der Waals surface area contributed by atoms with Gasteiger partial charge in [-0.25, -0.2) is 0 Å². The summed E-state index contributed by atoms with van der Waals surface area (Å²) in [6, 6.07) is 16.8. The van der Waals surface area contributed by atoms with Crippen LogP contribution >= 0.6 is 0 Å². The van der Waals surface area contributed by atoms with Gasteiger partial charge < -0.3 is 4.98 Å². The molecule has 0 aliphatic heterocycles. The molecule has 0 atom stereocenters. The number of hydrogen-bond acceptors (Lipinski definition) is 1. The van der Waals surface area contributed by atoms with Crippen molar-refractivity contribution in [2.75, 3.05) is 0 Å². The largest absolute Gasteiger partial charge is 0.305 e. The molecule has 0 saturated heterocycles. The van der Waals surface area contributed by atoms with E-state index in [4.69, 9.17) is 0 Å². The maximum atomic E-state index is 4.22. The van der Waals surface area contributed by atoms with Gasteiger partial charge in [0.05, 0.1) is 0 Å². The molecule has 1 heterocycles. The van der Waals surface area contributed by atoms with Crippen molar-refractivity contribution in [1.29, 1.82) is 0 Å². The van der Waals surface area contributed by atoms with Gasteiger partial charge in [0.1, 0.15) is 0 Å². The predicted octanol–water partition coefficient (Wildman–Crippen LogP) is 2.54. The summed E-state index contributed by atoms with van der Waals surface area (Å²) in [5, 5.41) is 0. The second-order valence-corrected chi connectivity index (χ2v) is 2.49. The molecule has 70 valence electrons. The maximum Gasteiger partial charge on any atom is 0.0160 e. The van der Waals surface area contributed by atoms with Crippen LogP contribution in [0.3, 0.4) is 0 Å². The Labute approximate surface area is 123 Å². The number of aromatic nitrogens is 1. The first kappa shape index (κ1) is 14.1. The summed E-state index contributed by atoms with van der Waals surface area (Å²) in [5.74, 6) is 0. The molecular formula is C11H8IrNY-. The van der Waals surface area contributed by atoms with Gasteiger partial charge in [-0.1, -0.05) is 12.1 Å². The predicted molar refractivity (Wildman–Crippen MR) is 48.5 cm³/mol. The normalized spacial score (nSPS) is 8.29. The Morgan fingerprint density at radius 3 is 2.36 bits per heavy atom.